The van der Waals surface area contributed by atoms with E-state index in [9.17, 15) is 9.59 Å². The fourth-order valence-corrected chi connectivity index (χ4v) is 4.48. The van der Waals surface area contributed by atoms with E-state index in [1.54, 1.807) is 49.8 Å². The number of rotatable bonds is 8. The number of likely N-dealkylation sites (N-methyl/N-ethyl adjacent to an activating group) is 1. The van der Waals surface area contributed by atoms with Gasteiger partial charge in [0.2, 0.25) is 11.8 Å². The Morgan fingerprint density at radius 1 is 1.18 bits per heavy atom. The van der Waals surface area contributed by atoms with Gasteiger partial charge in [0.1, 0.15) is 10.8 Å². The van der Waals surface area contributed by atoms with Gasteiger partial charge in [-0.1, -0.05) is 12.1 Å². The minimum absolute atomic E-state index is 0.00651. The van der Waals surface area contributed by atoms with Gasteiger partial charge in [-0.05, 0) is 36.4 Å². The average molecular weight is 416 g/mol. The maximum atomic E-state index is 12.3. The molecule has 6 nitrogen and oxygen atoms in total. The summed E-state index contributed by atoms with van der Waals surface area (Å²) in [5, 5.41) is 3.77. The van der Waals surface area contributed by atoms with E-state index in [0.29, 0.717) is 17.2 Å². The molecule has 0 saturated carbocycles. The number of amides is 2. The number of methoxy groups -OCH3 is 1. The van der Waals surface area contributed by atoms with Gasteiger partial charge in [-0.15, -0.1) is 23.1 Å². The quantitative estimate of drug-likeness (QED) is 0.608. The molecule has 3 aromatic rings. The Kier molecular flexibility index (Phi) is 6.89. The number of anilines is 1. The molecule has 0 atom stereocenters. The molecule has 28 heavy (non-hydrogen) atoms. The van der Waals surface area contributed by atoms with E-state index in [1.807, 2.05) is 24.3 Å². The lowest BCUT2D eigenvalue weighted by Crippen LogP contribution is -2.35. The van der Waals surface area contributed by atoms with Gasteiger partial charge in [0.15, 0.2) is 0 Å². The van der Waals surface area contributed by atoms with E-state index in [-0.39, 0.29) is 18.4 Å². The van der Waals surface area contributed by atoms with Gasteiger partial charge in [-0.2, -0.15) is 0 Å². The molecule has 1 heterocycles. The highest BCUT2D eigenvalue weighted by Crippen LogP contribution is 2.24. The summed E-state index contributed by atoms with van der Waals surface area (Å²) in [4.78, 5) is 30.4. The van der Waals surface area contributed by atoms with Crippen molar-refractivity contribution in [2.45, 2.75) is 5.75 Å². The Balaban J connectivity index is 1.42. The third-order valence-corrected chi connectivity index (χ3v) is 6.12. The van der Waals surface area contributed by atoms with Crippen LogP contribution in [-0.2, 0) is 15.3 Å². The zero-order chi connectivity index (χ0) is 19.9. The number of para-hydroxylation sites is 1. The Morgan fingerprint density at radius 2 is 1.93 bits per heavy atom. The summed E-state index contributed by atoms with van der Waals surface area (Å²) in [6, 6.07) is 15.0. The van der Waals surface area contributed by atoms with Crippen LogP contribution < -0.4 is 10.1 Å². The number of carbonyl (C=O) groups excluding carboxylic acids is 2. The monoisotopic (exact) mass is 415 g/mol. The van der Waals surface area contributed by atoms with Crippen LogP contribution in [0.5, 0.6) is 5.75 Å². The highest BCUT2D eigenvalue weighted by atomic mass is 32.2. The Labute approximate surface area is 171 Å². The summed E-state index contributed by atoms with van der Waals surface area (Å²) in [5.74, 6) is 1.38. The van der Waals surface area contributed by atoms with Gasteiger partial charge in [0.25, 0.3) is 0 Å². The maximum Gasteiger partial charge on any atom is 0.243 e. The lowest BCUT2D eigenvalue weighted by Gasteiger charge is -2.16. The Morgan fingerprint density at radius 3 is 2.64 bits per heavy atom. The zero-order valence-corrected chi connectivity index (χ0v) is 17.3. The first-order chi connectivity index (χ1) is 13.5. The summed E-state index contributed by atoms with van der Waals surface area (Å²) >= 11 is 3.15. The number of hydrogen-bond acceptors (Lipinski definition) is 6. The standard InChI is InChI=1S/C20H21N3O3S2/c1-23(11-18(24)21-14-7-9-15(26-2)10-8-14)20(25)13-27-12-19-22-16-5-3-4-6-17(16)28-19/h3-10H,11-13H2,1-2H3,(H,21,24). The third kappa shape index (κ3) is 5.46. The first-order valence-corrected chi connectivity index (χ1v) is 10.6. The fraction of sp³-hybridized carbons (Fsp3) is 0.250. The van der Waals surface area contributed by atoms with Crippen molar-refractivity contribution >= 4 is 50.8 Å². The molecule has 0 aliphatic carbocycles. The summed E-state index contributed by atoms with van der Waals surface area (Å²) in [6.45, 7) is 0.00651. The number of nitrogens with one attached hydrogen (secondary N) is 1. The van der Waals surface area contributed by atoms with Gasteiger partial charge < -0.3 is 15.0 Å². The summed E-state index contributed by atoms with van der Waals surface area (Å²) in [7, 11) is 3.22. The number of ether oxygens (including phenoxy) is 1. The van der Waals surface area contributed by atoms with Crippen LogP contribution in [0.25, 0.3) is 10.2 Å². The van der Waals surface area contributed by atoms with Gasteiger partial charge in [0.05, 0.1) is 29.6 Å². The maximum absolute atomic E-state index is 12.3. The Bertz CT molecular complexity index is 924. The molecule has 0 aliphatic rings. The molecule has 1 aromatic heterocycles. The van der Waals surface area contributed by atoms with E-state index < -0.39 is 0 Å². The average Bonchev–Trinajstić information content (AvgIpc) is 3.11. The van der Waals surface area contributed by atoms with Crippen molar-refractivity contribution in [3.05, 3.63) is 53.5 Å². The largest absolute Gasteiger partial charge is 0.497 e. The van der Waals surface area contributed by atoms with Crippen LogP contribution in [0.4, 0.5) is 5.69 Å². The highest BCUT2D eigenvalue weighted by Gasteiger charge is 2.14. The van der Waals surface area contributed by atoms with Crippen LogP contribution in [0.3, 0.4) is 0 Å². The van der Waals surface area contributed by atoms with E-state index in [1.165, 1.54) is 16.7 Å². The second-order valence-corrected chi connectivity index (χ2v) is 8.20. The topological polar surface area (TPSA) is 71.5 Å². The number of benzene rings is 2. The highest BCUT2D eigenvalue weighted by molar-refractivity contribution is 7.99. The Hall–Kier alpha value is -2.58. The van der Waals surface area contributed by atoms with Crippen molar-refractivity contribution < 1.29 is 14.3 Å². The van der Waals surface area contributed by atoms with E-state index in [2.05, 4.69) is 10.3 Å². The molecule has 0 fully saturated rings. The van der Waals surface area contributed by atoms with E-state index in [4.69, 9.17) is 4.74 Å². The molecular weight excluding hydrogens is 394 g/mol. The van der Waals surface area contributed by atoms with Crippen molar-refractivity contribution in [2.75, 3.05) is 31.8 Å². The predicted octanol–water partition coefficient (Wildman–Crippen LogP) is 3.64. The molecule has 0 unspecified atom stereocenters. The molecule has 1 N–H and O–H groups in total. The summed E-state index contributed by atoms with van der Waals surface area (Å²) < 4.78 is 6.23. The zero-order valence-electron chi connectivity index (χ0n) is 15.7. The molecule has 146 valence electrons. The predicted molar refractivity (Wildman–Crippen MR) is 115 cm³/mol. The lowest BCUT2D eigenvalue weighted by atomic mass is 10.3. The second-order valence-electron chi connectivity index (χ2n) is 6.09. The van der Waals surface area contributed by atoms with Crippen molar-refractivity contribution in [3.8, 4) is 5.75 Å². The lowest BCUT2D eigenvalue weighted by molar-refractivity contribution is -0.131. The minimum atomic E-state index is -0.239. The van der Waals surface area contributed by atoms with Crippen molar-refractivity contribution in [3.63, 3.8) is 0 Å². The molecule has 0 aliphatic heterocycles. The number of aromatic nitrogens is 1. The first kappa shape index (κ1) is 20.2. The molecule has 2 aromatic carbocycles. The van der Waals surface area contributed by atoms with Crippen molar-refractivity contribution in [1.82, 2.24) is 9.88 Å². The number of thioether (sulfide) groups is 1. The van der Waals surface area contributed by atoms with Crippen molar-refractivity contribution in [1.29, 1.82) is 0 Å². The number of fused-ring (bicyclic) bond motifs is 1. The molecule has 0 spiro atoms. The molecule has 0 radical (unpaired) electrons. The number of nitrogens with zero attached hydrogens (tertiary/aromatic N) is 2. The summed E-state index contributed by atoms with van der Waals surface area (Å²) in [5.41, 5.74) is 1.65. The second kappa shape index (κ2) is 9.57. The smallest absolute Gasteiger partial charge is 0.243 e. The molecule has 8 heteroatoms. The first-order valence-electron chi connectivity index (χ1n) is 8.65. The van der Waals surface area contributed by atoms with Gasteiger partial charge in [0, 0.05) is 18.5 Å². The van der Waals surface area contributed by atoms with Crippen molar-refractivity contribution in [2.24, 2.45) is 0 Å². The van der Waals surface area contributed by atoms with E-state index >= 15 is 0 Å². The van der Waals surface area contributed by atoms with Gasteiger partial charge in [-0.3, -0.25) is 9.59 Å². The SMILES string of the molecule is COc1ccc(NC(=O)CN(C)C(=O)CSCc2nc3ccccc3s2)cc1. The van der Waals surface area contributed by atoms with Gasteiger partial charge in [-0.25, -0.2) is 4.98 Å². The van der Waals surface area contributed by atoms with Gasteiger partial charge >= 0.3 is 0 Å². The van der Waals surface area contributed by atoms with Crippen LogP contribution in [0.1, 0.15) is 5.01 Å². The molecule has 2 amide bonds. The van der Waals surface area contributed by atoms with Crippen LogP contribution in [0.2, 0.25) is 0 Å². The molecular formula is C20H21N3O3S2. The van der Waals surface area contributed by atoms with Crippen LogP contribution in [-0.4, -0.2) is 48.2 Å². The minimum Gasteiger partial charge on any atom is -0.497 e. The summed E-state index contributed by atoms with van der Waals surface area (Å²) in [6.07, 6.45) is 0. The molecule has 0 saturated heterocycles. The number of carbonyl (C=O) groups is 2. The fourth-order valence-electron chi connectivity index (χ4n) is 2.50. The van der Waals surface area contributed by atoms with Crippen LogP contribution in [0, 0.1) is 0 Å². The van der Waals surface area contributed by atoms with E-state index in [0.717, 1.165) is 21.0 Å². The third-order valence-electron chi connectivity index (χ3n) is 3.97. The number of thiazole rings is 1. The normalized spacial score (nSPS) is 10.6. The van der Waals surface area contributed by atoms with Crippen LogP contribution in [0.15, 0.2) is 48.5 Å². The molecule has 0 bridgehead atoms. The van der Waals surface area contributed by atoms with Crippen LogP contribution >= 0.6 is 23.1 Å². The molecule has 3 rings (SSSR count). The number of hydrogen-bond donors (Lipinski definition) is 1.